The minimum absolute atomic E-state index is 0.0918. The van der Waals surface area contributed by atoms with Crippen LogP contribution in [0.2, 0.25) is 0 Å². The molecule has 3 saturated heterocycles. The molecule has 0 radical (unpaired) electrons. The van der Waals surface area contributed by atoms with Gasteiger partial charge in [0, 0.05) is 24.2 Å². The Hall–Kier alpha value is -3.18. The van der Waals surface area contributed by atoms with Crippen LogP contribution in [0, 0.1) is 11.8 Å². The van der Waals surface area contributed by atoms with E-state index in [1.165, 1.54) is 6.42 Å². The Morgan fingerprint density at radius 1 is 1.23 bits per heavy atom. The van der Waals surface area contributed by atoms with Gasteiger partial charge in [0.05, 0.1) is 23.7 Å². The number of fused-ring (bicyclic) bond motifs is 4. The smallest absolute Gasteiger partial charge is 0.255 e. The highest BCUT2D eigenvalue weighted by molar-refractivity contribution is 5.97. The van der Waals surface area contributed by atoms with Gasteiger partial charge in [-0.2, -0.15) is 0 Å². The molecule has 5 nitrogen and oxygen atoms in total. The molecule has 3 fully saturated rings. The number of ether oxygens (including phenoxy) is 1. The van der Waals surface area contributed by atoms with E-state index in [0.717, 1.165) is 48.8 Å². The first-order chi connectivity index (χ1) is 17.2. The summed E-state index contributed by atoms with van der Waals surface area (Å²) in [7, 11) is 0. The molecule has 1 unspecified atom stereocenters. The van der Waals surface area contributed by atoms with E-state index in [0.29, 0.717) is 29.8 Å². The van der Waals surface area contributed by atoms with Gasteiger partial charge in [-0.1, -0.05) is 49.8 Å². The fourth-order valence-electron chi connectivity index (χ4n) is 5.82. The summed E-state index contributed by atoms with van der Waals surface area (Å²) >= 11 is 0. The first kappa shape index (κ1) is 23.6. The first-order valence-electron chi connectivity index (χ1n) is 12.9. The van der Waals surface area contributed by atoms with Crippen LogP contribution in [0.1, 0.15) is 54.6 Å². The van der Waals surface area contributed by atoms with Gasteiger partial charge in [-0.15, -0.1) is 6.58 Å². The first-order valence-corrected chi connectivity index (χ1v) is 12.9. The molecule has 6 rings (SSSR count). The zero-order valence-corrected chi connectivity index (χ0v) is 20.5. The average Bonchev–Trinajstić information content (AvgIpc) is 2.92. The van der Waals surface area contributed by atoms with Crippen LogP contribution in [0.5, 0.6) is 5.75 Å². The van der Waals surface area contributed by atoms with Gasteiger partial charge >= 0.3 is 0 Å². The third-order valence-corrected chi connectivity index (χ3v) is 7.73. The Morgan fingerprint density at radius 3 is 2.86 bits per heavy atom. The van der Waals surface area contributed by atoms with Crippen molar-refractivity contribution in [3.8, 4) is 5.75 Å². The fourth-order valence-corrected chi connectivity index (χ4v) is 5.82. The van der Waals surface area contributed by atoms with E-state index in [2.05, 4.69) is 46.9 Å². The zero-order valence-electron chi connectivity index (χ0n) is 20.5. The molecule has 3 aromatic rings. The molecule has 4 heterocycles. The number of aromatic nitrogens is 1. The third-order valence-electron chi connectivity index (χ3n) is 7.73. The Kier molecular flexibility index (Phi) is 7.14. The molecule has 0 aliphatic carbocycles. The third kappa shape index (κ3) is 4.83. The Balaban J connectivity index is 1.50. The summed E-state index contributed by atoms with van der Waals surface area (Å²) in [5.74, 6) is 1.69. The number of nitrogens with one attached hydrogen (secondary N) is 1. The molecule has 5 heteroatoms. The minimum Gasteiger partial charge on any atom is -0.493 e. The number of unbranched alkanes of at least 4 members (excludes halogenated alkanes) is 1. The van der Waals surface area contributed by atoms with E-state index in [1.54, 1.807) is 0 Å². The number of para-hydroxylation sites is 2. The fraction of sp³-hybridized carbons (Fsp3) is 0.400. The topological polar surface area (TPSA) is 54.5 Å². The SMILES string of the molecule is C=C[C@H]1CN2CC[C@H]1C[C@@H]2[C@@H](NC(=O)c1ccccc1OCCCC)c1ccnc2ccccc12. The predicted octanol–water partition coefficient (Wildman–Crippen LogP) is 5.78. The van der Waals surface area contributed by atoms with E-state index < -0.39 is 0 Å². The normalized spacial score (nSPS) is 24.1. The monoisotopic (exact) mass is 469 g/mol. The van der Waals surface area contributed by atoms with Crippen molar-refractivity contribution >= 4 is 16.8 Å². The Labute approximate surface area is 208 Å². The zero-order chi connectivity index (χ0) is 24.2. The summed E-state index contributed by atoms with van der Waals surface area (Å²) in [5.41, 5.74) is 2.67. The number of benzene rings is 2. The van der Waals surface area contributed by atoms with Gasteiger partial charge in [0.25, 0.3) is 5.91 Å². The Morgan fingerprint density at radius 2 is 2.06 bits per heavy atom. The second-order valence-electron chi connectivity index (χ2n) is 9.81. The van der Waals surface area contributed by atoms with E-state index in [4.69, 9.17) is 4.74 Å². The molecule has 0 saturated carbocycles. The molecule has 5 atom stereocenters. The molecule has 182 valence electrons. The lowest BCUT2D eigenvalue weighted by Gasteiger charge is -2.51. The van der Waals surface area contributed by atoms with E-state index in [1.807, 2.05) is 48.7 Å². The molecule has 35 heavy (non-hydrogen) atoms. The summed E-state index contributed by atoms with van der Waals surface area (Å²) in [5, 5.41) is 4.54. The van der Waals surface area contributed by atoms with Gasteiger partial charge in [-0.25, -0.2) is 0 Å². The molecule has 2 bridgehead atoms. The molecule has 0 spiro atoms. The molecular weight excluding hydrogens is 434 g/mol. The number of hydrogen-bond acceptors (Lipinski definition) is 4. The van der Waals surface area contributed by atoms with Crippen LogP contribution in [-0.4, -0.2) is 41.5 Å². The number of rotatable bonds is 9. The van der Waals surface area contributed by atoms with E-state index in [9.17, 15) is 4.79 Å². The van der Waals surface area contributed by atoms with Crippen molar-refractivity contribution in [1.29, 1.82) is 0 Å². The number of carbonyl (C=O) groups is 1. The van der Waals surface area contributed by atoms with Crippen molar-refractivity contribution in [2.45, 2.75) is 44.7 Å². The predicted molar refractivity (Wildman–Crippen MR) is 141 cm³/mol. The molecule has 3 aliphatic rings. The number of nitrogens with zero attached hydrogens (tertiary/aromatic N) is 2. The standard InChI is InChI=1S/C30H35N3O2/c1-3-5-18-35-28-13-9-7-11-25(28)30(34)32-29(24-14-16-31-26-12-8-6-10-23(24)26)27-19-22-15-17-33(27)20-21(22)4-2/h4,6-14,16,21-22,27,29H,2-3,5,15,17-20H2,1H3,(H,32,34)/t21-,22-,27+,29-/m0/s1. The highest BCUT2D eigenvalue weighted by atomic mass is 16.5. The lowest BCUT2D eigenvalue weighted by Crippen LogP contribution is -2.57. The van der Waals surface area contributed by atoms with Gasteiger partial charge in [0.2, 0.25) is 0 Å². The van der Waals surface area contributed by atoms with Crippen LogP contribution in [-0.2, 0) is 0 Å². The van der Waals surface area contributed by atoms with Gasteiger partial charge in [0.1, 0.15) is 5.75 Å². The van der Waals surface area contributed by atoms with Crippen LogP contribution in [0.25, 0.3) is 10.9 Å². The van der Waals surface area contributed by atoms with Crippen molar-refractivity contribution < 1.29 is 9.53 Å². The maximum Gasteiger partial charge on any atom is 0.255 e. The highest BCUT2D eigenvalue weighted by Gasteiger charge is 2.43. The Bertz CT molecular complexity index is 1190. The van der Waals surface area contributed by atoms with Crippen LogP contribution in [0.15, 0.2) is 73.4 Å². The average molecular weight is 470 g/mol. The molecular formula is C30H35N3O2. The van der Waals surface area contributed by atoms with E-state index >= 15 is 0 Å². The van der Waals surface area contributed by atoms with Crippen LogP contribution in [0.3, 0.4) is 0 Å². The van der Waals surface area contributed by atoms with Crippen molar-refractivity contribution in [2.75, 3.05) is 19.7 Å². The van der Waals surface area contributed by atoms with Gasteiger partial charge in [-0.05, 0) is 67.5 Å². The second kappa shape index (κ2) is 10.6. The van der Waals surface area contributed by atoms with Crippen LogP contribution >= 0.6 is 0 Å². The highest BCUT2D eigenvalue weighted by Crippen LogP contribution is 2.42. The van der Waals surface area contributed by atoms with Gasteiger partial charge in [0.15, 0.2) is 0 Å². The maximum absolute atomic E-state index is 13.7. The van der Waals surface area contributed by atoms with Crippen LogP contribution < -0.4 is 10.1 Å². The molecule has 1 N–H and O–H groups in total. The number of carbonyl (C=O) groups excluding carboxylic acids is 1. The van der Waals surface area contributed by atoms with Crippen molar-refractivity contribution in [3.63, 3.8) is 0 Å². The number of piperidine rings is 3. The minimum atomic E-state index is -0.146. The van der Waals surface area contributed by atoms with Gasteiger partial charge in [-0.3, -0.25) is 14.7 Å². The molecule has 3 aliphatic heterocycles. The van der Waals surface area contributed by atoms with Gasteiger partial charge < -0.3 is 10.1 Å². The maximum atomic E-state index is 13.7. The van der Waals surface area contributed by atoms with Crippen molar-refractivity contribution in [1.82, 2.24) is 15.2 Å². The quantitative estimate of drug-likeness (QED) is 0.319. The number of amides is 1. The molecule has 2 aromatic carbocycles. The summed E-state index contributed by atoms with van der Waals surface area (Å²) in [6.07, 6.45) is 8.24. The molecule has 1 amide bonds. The molecule has 1 aromatic heterocycles. The second-order valence-corrected chi connectivity index (χ2v) is 9.81. The number of hydrogen-bond donors (Lipinski definition) is 1. The van der Waals surface area contributed by atoms with Crippen molar-refractivity contribution in [2.24, 2.45) is 11.8 Å². The summed E-state index contributed by atoms with van der Waals surface area (Å²) in [6.45, 7) is 8.89. The largest absolute Gasteiger partial charge is 0.493 e. The summed E-state index contributed by atoms with van der Waals surface area (Å²) in [4.78, 5) is 20.9. The lowest BCUT2D eigenvalue weighted by molar-refractivity contribution is 0.00168. The van der Waals surface area contributed by atoms with Crippen molar-refractivity contribution in [3.05, 3.63) is 84.6 Å². The lowest BCUT2D eigenvalue weighted by atomic mass is 9.73. The van der Waals surface area contributed by atoms with Crippen LogP contribution in [0.4, 0.5) is 0 Å². The summed E-state index contributed by atoms with van der Waals surface area (Å²) < 4.78 is 5.99. The summed E-state index contributed by atoms with van der Waals surface area (Å²) in [6, 6.07) is 17.9. The number of pyridine rings is 1. The van der Waals surface area contributed by atoms with E-state index in [-0.39, 0.29) is 18.0 Å².